The van der Waals surface area contributed by atoms with Crippen LogP contribution in [0.1, 0.15) is 18.1 Å². The van der Waals surface area contributed by atoms with Crippen molar-refractivity contribution in [2.24, 2.45) is 0 Å². The molecule has 0 aromatic heterocycles. The van der Waals surface area contributed by atoms with Gasteiger partial charge in [-0.15, -0.1) is 0 Å². The summed E-state index contributed by atoms with van der Waals surface area (Å²) in [6, 6.07) is 13.7. The predicted molar refractivity (Wildman–Crippen MR) is 101 cm³/mol. The monoisotopic (exact) mass is 342 g/mol. The molecule has 0 aliphatic heterocycles. The van der Waals surface area contributed by atoms with E-state index in [1.54, 1.807) is 14.2 Å². The largest absolute Gasteiger partial charge is 0.493 e. The lowest BCUT2D eigenvalue weighted by atomic mass is 10.1. The molecule has 0 saturated heterocycles. The average Bonchev–Trinajstić information content (AvgIpc) is 2.65. The maximum absolute atomic E-state index is 12.1. The van der Waals surface area contributed by atoms with E-state index in [2.05, 4.69) is 17.6 Å². The number of aryl methyl sites for hydroxylation is 1. The molecule has 0 aliphatic carbocycles. The SMILES string of the molecule is CCc1ccccc1NC(=O)CNCCc1ccc(OC)c(OC)c1. The van der Waals surface area contributed by atoms with Gasteiger partial charge in [0.15, 0.2) is 11.5 Å². The Labute approximate surface area is 149 Å². The maximum atomic E-state index is 12.1. The first-order valence-electron chi connectivity index (χ1n) is 8.47. The summed E-state index contributed by atoms with van der Waals surface area (Å²) < 4.78 is 10.5. The van der Waals surface area contributed by atoms with Crippen LogP contribution in [-0.2, 0) is 17.6 Å². The Hall–Kier alpha value is -2.53. The first kappa shape index (κ1) is 18.8. The molecule has 1 amide bonds. The van der Waals surface area contributed by atoms with Crippen molar-refractivity contribution in [3.63, 3.8) is 0 Å². The zero-order valence-corrected chi connectivity index (χ0v) is 15.1. The van der Waals surface area contributed by atoms with Crippen molar-refractivity contribution in [1.82, 2.24) is 5.32 Å². The summed E-state index contributed by atoms with van der Waals surface area (Å²) in [5, 5.41) is 6.13. The van der Waals surface area contributed by atoms with E-state index in [4.69, 9.17) is 9.47 Å². The van der Waals surface area contributed by atoms with E-state index in [1.165, 1.54) is 0 Å². The number of anilines is 1. The van der Waals surface area contributed by atoms with Crippen LogP contribution in [0.5, 0.6) is 11.5 Å². The molecule has 0 fully saturated rings. The third kappa shape index (κ3) is 5.50. The second kappa shape index (κ2) is 9.69. The lowest BCUT2D eigenvalue weighted by molar-refractivity contribution is -0.115. The molecule has 0 unspecified atom stereocenters. The van der Waals surface area contributed by atoms with E-state index in [0.29, 0.717) is 18.0 Å². The smallest absolute Gasteiger partial charge is 0.238 e. The van der Waals surface area contributed by atoms with Crippen molar-refractivity contribution in [2.45, 2.75) is 19.8 Å². The standard InChI is InChI=1S/C20H26N2O3/c1-4-16-7-5-6-8-17(16)22-20(23)14-21-12-11-15-9-10-18(24-2)19(13-15)25-3/h5-10,13,21H,4,11-12,14H2,1-3H3,(H,22,23). The van der Waals surface area contributed by atoms with Crippen molar-refractivity contribution in [2.75, 3.05) is 32.6 Å². The molecule has 5 nitrogen and oxygen atoms in total. The van der Waals surface area contributed by atoms with Crippen molar-refractivity contribution >= 4 is 11.6 Å². The van der Waals surface area contributed by atoms with Crippen molar-refractivity contribution in [3.05, 3.63) is 53.6 Å². The molecule has 2 N–H and O–H groups in total. The van der Waals surface area contributed by atoms with Crippen LogP contribution in [0.15, 0.2) is 42.5 Å². The average molecular weight is 342 g/mol. The molecule has 2 rings (SSSR count). The first-order chi connectivity index (χ1) is 12.2. The Morgan fingerprint density at radius 1 is 1.04 bits per heavy atom. The Morgan fingerprint density at radius 3 is 2.52 bits per heavy atom. The summed E-state index contributed by atoms with van der Waals surface area (Å²) >= 11 is 0. The minimum atomic E-state index is -0.0341. The molecule has 2 aromatic rings. The van der Waals surface area contributed by atoms with Gasteiger partial charge in [0.05, 0.1) is 20.8 Å². The zero-order chi connectivity index (χ0) is 18.1. The maximum Gasteiger partial charge on any atom is 0.238 e. The van der Waals surface area contributed by atoms with Gasteiger partial charge < -0.3 is 20.1 Å². The fourth-order valence-electron chi connectivity index (χ4n) is 2.62. The van der Waals surface area contributed by atoms with Crippen LogP contribution in [0.3, 0.4) is 0 Å². The fourth-order valence-corrected chi connectivity index (χ4v) is 2.62. The highest BCUT2D eigenvalue weighted by Crippen LogP contribution is 2.27. The molecule has 0 atom stereocenters. The van der Waals surface area contributed by atoms with E-state index in [9.17, 15) is 4.79 Å². The lowest BCUT2D eigenvalue weighted by Crippen LogP contribution is -2.29. The minimum Gasteiger partial charge on any atom is -0.493 e. The van der Waals surface area contributed by atoms with E-state index < -0.39 is 0 Å². The summed E-state index contributed by atoms with van der Waals surface area (Å²) in [5.41, 5.74) is 3.15. The number of amides is 1. The lowest BCUT2D eigenvalue weighted by Gasteiger charge is -2.11. The van der Waals surface area contributed by atoms with Crippen LogP contribution in [-0.4, -0.2) is 33.2 Å². The number of benzene rings is 2. The van der Waals surface area contributed by atoms with Crippen LogP contribution in [0.2, 0.25) is 0 Å². The van der Waals surface area contributed by atoms with E-state index >= 15 is 0 Å². The van der Waals surface area contributed by atoms with Gasteiger partial charge in [0.2, 0.25) is 5.91 Å². The second-order valence-corrected chi connectivity index (χ2v) is 5.67. The summed E-state index contributed by atoms with van der Waals surface area (Å²) in [5.74, 6) is 1.40. The van der Waals surface area contributed by atoms with Gasteiger partial charge in [0.25, 0.3) is 0 Å². The van der Waals surface area contributed by atoms with E-state index in [1.807, 2.05) is 42.5 Å². The molecule has 0 bridgehead atoms. The normalized spacial score (nSPS) is 10.4. The van der Waals surface area contributed by atoms with Gasteiger partial charge in [-0.3, -0.25) is 4.79 Å². The number of para-hydroxylation sites is 1. The molecule has 2 aromatic carbocycles. The Bertz CT molecular complexity index is 701. The highest BCUT2D eigenvalue weighted by molar-refractivity contribution is 5.92. The van der Waals surface area contributed by atoms with Crippen LogP contribution in [0.25, 0.3) is 0 Å². The van der Waals surface area contributed by atoms with Crippen LogP contribution in [0, 0.1) is 0 Å². The molecule has 0 radical (unpaired) electrons. The summed E-state index contributed by atoms with van der Waals surface area (Å²) in [4.78, 5) is 12.1. The third-order valence-corrected chi connectivity index (χ3v) is 4.00. The van der Waals surface area contributed by atoms with Crippen molar-refractivity contribution < 1.29 is 14.3 Å². The van der Waals surface area contributed by atoms with E-state index in [-0.39, 0.29) is 12.5 Å². The predicted octanol–water partition coefficient (Wildman–Crippen LogP) is 3.04. The number of hydrogen-bond donors (Lipinski definition) is 2. The molecule has 5 heteroatoms. The number of nitrogens with one attached hydrogen (secondary N) is 2. The Kier molecular flexibility index (Phi) is 7.29. The number of hydrogen-bond acceptors (Lipinski definition) is 4. The topological polar surface area (TPSA) is 59.6 Å². The highest BCUT2D eigenvalue weighted by atomic mass is 16.5. The van der Waals surface area contributed by atoms with Crippen molar-refractivity contribution in [1.29, 1.82) is 0 Å². The van der Waals surface area contributed by atoms with Gasteiger partial charge in [0, 0.05) is 5.69 Å². The number of carbonyl (C=O) groups excluding carboxylic acids is 1. The second-order valence-electron chi connectivity index (χ2n) is 5.67. The quantitative estimate of drug-likeness (QED) is 0.688. The summed E-state index contributed by atoms with van der Waals surface area (Å²) in [6.07, 6.45) is 1.70. The third-order valence-electron chi connectivity index (χ3n) is 4.00. The van der Waals surface area contributed by atoms with Crippen LogP contribution >= 0.6 is 0 Å². The van der Waals surface area contributed by atoms with Crippen molar-refractivity contribution in [3.8, 4) is 11.5 Å². The van der Waals surface area contributed by atoms with Crippen LogP contribution in [0.4, 0.5) is 5.69 Å². The summed E-state index contributed by atoms with van der Waals surface area (Å²) in [7, 11) is 3.24. The van der Waals surface area contributed by atoms with Gasteiger partial charge in [-0.25, -0.2) is 0 Å². The molecular weight excluding hydrogens is 316 g/mol. The fraction of sp³-hybridized carbons (Fsp3) is 0.350. The molecule has 134 valence electrons. The number of rotatable bonds is 9. The van der Waals surface area contributed by atoms with Gasteiger partial charge in [0.1, 0.15) is 0 Å². The van der Waals surface area contributed by atoms with Gasteiger partial charge in [-0.2, -0.15) is 0 Å². The molecule has 25 heavy (non-hydrogen) atoms. The molecule has 0 heterocycles. The number of methoxy groups -OCH3 is 2. The number of carbonyl (C=O) groups is 1. The van der Waals surface area contributed by atoms with Gasteiger partial charge in [-0.1, -0.05) is 31.2 Å². The molecule has 0 spiro atoms. The Morgan fingerprint density at radius 2 is 1.80 bits per heavy atom. The van der Waals surface area contributed by atoms with E-state index in [0.717, 1.165) is 29.7 Å². The summed E-state index contributed by atoms with van der Waals surface area (Å²) in [6.45, 7) is 3.07. The van der Waals surface area contributed by atoms with Gasteiger partial charge in [-0.05, 0) is 48.7 Å². The zero-order valence-electron chi connectivity index (χ0n) is 15.1. The first-order valence-corrected chi connectivity index (χ1v) is 8.47. The molecule has 0 saturated carbocycles. The van der Waals surface area contributed by atoms with Crippen LogP contribution < -0.4 is 20.1 Å². The molecule has 0 aliphatic rings. The Balaban J connectivity index is 1.78. The number of ether oxygens (including phenoxy) is 2. The highest BCUT2D eigenvalue weighted by Gasteiger charge is 2.06. The minimum absolute atomic E-state index is 0.0341. The van der Waals surface area contributed by atoms with Gasteiger partial charge >= 0.3 is 0 Å². The molecular formula is C20H26N2O3.